The highest BCUT2D eigenvalue weighted by molar-refractivity contribution is 5.94. The molecule has 0 aliphatic carbocycles. The van der Waals surface area contributed by atoms with Crippen LogP contribution in [0.3, 0.4) is 0 Å². The number of hydrogen-bond donors (Lipinski definition) is 0. The third-order valence-corrected chi connectivity index (χ3v) is 7.70. The maximum Gasteiger partial charge on any atom is 0.253 e. The molecule has 0 radical (unpaired) electrons. The molecule has 0 bridgehead atoms. The average molecular weight is 498 g/mol. The molecule has 1 amide bonds. The fraction of sp³-hybridized carbons (Fsp3) is 0.406. The lowest BCUT2D eigenvalue weighted by Gasteiger charge is -2.32. The first-order chi connectivity index (χ1) is 18.2. The lowest BCUT2D eigenvalue weighted by molar-refractivity contribution is 0.0793. The van der Waals surface area contributed by atoms with Crippen molar-refractivity contribution in [3.63, 3.8) is 0 Å². The number of likely N-dealkylation sites (tertiary alicyclic amines) is 2. The summed E-state index contributed by atoms with van der Waals surface area (Å²) in [6.45, 7) is 5.69. The maximum atomic E-state index is 12.6. The second-order valence-electron chi connectivity index (χ2n) is 10.4. The Balaban J connectivity index is 1.06. The summed E-state index contributed by atoms with van der Waals surface area (Å²) in [5, 5.41) is 0. The van der Waals surface area contributed by atoms with E-state index < -0.39 is 0 Å². The lowest BCUT2D eigenvalue weighted by atomic mass is 10.0. The van der Waals surface area contributed by atoms with Crippen LogP contribution >= 0.6 is 0 Å². The van der Waals surface area contributed by atoms with Gasteiger partial charge in [-0.15, -0.1) is 0 Å². The van der Waals surface area contributed by atoms with E-state index in [1.807, 2.05) is 41.3 Å². The van der Waals surface area contributed by atoms with E-state index in [2.05, 4.69) is 59.3 Å². The summed E-state index contributed by atoms with van der Waals surface area (Å²) >= 11 is 0. The second kappa shape index (κ2) is 12.4. The van der Waals surface area contributed by atoms with Gasteiger partial charge in [0.15, 0.2) is 0 Å². The van der Waals surface area contributed by atoms with E-state index in [1.165, 1.54) is 24.9 Å². The van der Waals surface area contributed by atoms with E-state index in [1.54, 1.807) is 0 Å². The largest absolute Gasteiger partial charge is 0.494 e. The van der Waals surface area contributed by atoms with E-state index in [0.29, 0.717) is 12.8 Å². The first-order valence-corrected chi connectivity index (χ1v) is 13.8. The standard InChI is InChI=1S/C32H39N3O2/c1-33(31-11-7-23-35(31)25-26-9-3-2-4-10-26)20-8-24-37-30-18-16-28(17-19-30)27-12-14-29(15-13-27)32(36)34-21-5-6-22-34/h2-4,9-10,12-19,31H,5-8,11,20-25H2,1H3. The number of carbonyl (C=O) groups is 1. The van der Waals surface area contributed by atoms with Gasteiger partial charge in [-0.25, -0.2) is 0 Å². The molecular weight excluding hydrogens is 458 g/mol. The minimum atomic E-state index is 0.148. The van der Waals surface area contributed by atoms with Crippen molar-refractivity contribution in [2.24, 2.45) is 0 Å². The van der Waals surface area contributed by atoms with Gasteiger partial charge in [0, 0.05) is 38.3 Å². The molecule has 5 rings (SSSR count). The Kier molecular flexibility index (Phi) is 8.54. The topological polar surface area (TPSA) is 36.0 Å². The monoisotopic (exact) mass is 497 g/mol. The first kappa shape index (κ1) is 25.5. The summed E-state index contributed by atoms with van der Waals surface area (Å²) in [5.74, 6) is 1.05. The Bertz CT molecular complexity index is 1120. The van der Waals surface area contributed by atoms with Crippen molar-refractivity contribution in [3.8, 4) is 16.9 Å². The second-order valence-corrected chi connectivity index (χ2v) is 10.4. The summed E-state index contributed by atoms with van der Waals surface area (Å²) in [7, 11) is 2.24. The highest BCUT2D eigenvalue weighted by Crippen LogP contribution is 2.25. The molecule has 3 aromatic rings. The molecule has 2 saturated heterocycles. The van der Waals surface area contributed by atoms with Crippen LogP contribution in [0.5, 0.6) is 5.75 Å². The van der Waals surface area contributed by atoms with Crippen molar-refractivity contribution >= 4 is 5.91 Å². The van der Waals surface area contributed by atoms with Crippen molar-refractivity contribution in [1.29, 1.82) is 0 Å². The SMILES string of the molecule is CN(CCCOc1ccc(-c2ccc(C(=O)N3CCCC3)cc2)cc1)C1CCCN1Cc1ccccc1. The van der Waals surface area contributed by atoms with Crippen molar-refractivity contribution < 1.29 is 9.53 Å². The van der Waals surface area contributed by atoms with Crippen LogP contribution in [0.4, 0.5) is 0 Å². The fourth-order valence-electron chi connectivity index (χ4n) is 5.61. The minimum absolute atomic E-state index is 0.148. The van der Waals surface area contributed by atoms with E-state index in [0.717, 1.165) is 67.9 Å². The molecule has 2 aliphatic heterocycles. The lowest BCUT2D eigenvalue weighted by Crippen LogP contribution is -2.42. The van der Waals surface area contributed by atoms with Gasteiger partial charge >= 0.3 is 0 Å². The summed E-state index contributed by atoms with van der Waals surface area (Å²) < 4.78 is 6.05. The van der Waals surface area contributed by atoms with Gasteiger partial charge < -0.3 is 9.64 Å². The van der Waals surface area contributed by atoms with Gasteiger partial charge in [0.05, 0.1) is 12.8 Å². The van der Waals surface area contributed by atoms with Crippen LogP contribution in [0.2, 0.25) is 0 Å². The normalized spacial score (nSPS) is 18.0. The number of carbonyl (C=O) groups excluding carboxylic acids is 1. The minimum Gasteiger partial charge on any atom is -0.494 e. The van der Waals surface area contributed by atoms with Crippen molar-refractivity contribution in [1.82, 2.24) is 14.7 Å². The van der Waals surface area contributed by atoms with E-state index in [4.69, 9.17) is 4.74 Å². The molecule has 2 fully saturated rings. The number of hydrogen-bond acceptors (Lipinski definition) is 4. The van der Waals surface area contributed by atoms with Crippen molar-refractivity contribution in [3.05, 3.63) is 90.0 Å². The van der Waals surface area contributed by atoms with Crippen LogP contribution in [0, 0.1) is 0 Å². The van der Waals surface area contributed by atoms with Crippen molar-refractivity contribution in [2.75, 3.05) is 39.8 Å². The van der Waals surface area contributed by atoms with Crippen LogP contribution in [0.25, 0.3) is 11.1 Å². The Labute approximate surface area is 221 Å². The maximum absolute atomic E-state index is 12.6. The third-order valence-electron chi connectivity index (χ3n) is 7.70. The van der Waals surface area contributed by atoms with Crippen LogP contribution < -0.4 is 4.74 Å². The van der Waals surface area contributed by atoms with E-state index >= 15 is 0 Å². The highest BCUT2D eigenvalue weighted by atomic mass is 16.5. The van der Waals surface area contributed by atoms with Crippen LogP contribution in [-0.2, 0) is 6.54 Å². The van der Waals surface area contributed by atoms with Gasteiger partial charge in [-0.1, -0.05) is 54.6 Å². The van der Waals surface area contributed by atoms with Gasteiger partial charge in [-0.2, -0.15) is 0 Å². The van der Waals surface area contributed by atoms with E-state index in [9.17, 15) is 4.79 Å². The number of benzene rings is 3. The number of ether oxygens (including phenoxy) is 1. The molecule has 37 heavy (non-hydrogen) atoms. The predicted octanol–water partition coefficient (Wildman–Crippen LogP) is 5.91. The van der Waals surface area contributed by atoms with Gasteiger partial charge in [-0.05, 0) is 80.1 Å². The Hall–Kier alpha value is -3.15. The summed E-state index contributed by atoms with van der Waals surface area (Å²) in [6.07, 6.45) is 6.24. The molecule has 0 aromatic heterocycles. The number of amides is 1. The van der Waals surface area contributed by atoms with Crippen LogP contribution in [0.15, 0.2) is 78.9 Å². The quantitative estimate of drug-likeness (QED) is 0.326. The molecule has 0 saturated carbocycles. The molecule has 5 nitrogen and oxygen atoms in total. The molecule has 2 aliphatic rings. The Morgan fingerprint density at radius 3 is 2.24 bits per heavy atom. The van der Waals surface area contributed by atoms with Gasteiger partial charge in [0.25, 0.3) is 5.91 Å². The first-order valence-electron chi connectivity index (χ1n) is 13.8. The summed E-state index contributed by atoms with van der Waals surface area (Å²) in [6, 6.07) is 27.0. The molecule has 0 N–H and O–H groups in total. The molecule has 5 heteroatoms. The van der Waals surface area contributed by atoms with E-state index in [-0.39, 0.29) is 5.91 Å². The van der Waals surface area contributed by atoms with Gasteiger partial charge in [-0.3, -0.25) is 14.6 Å². The highest BCUT2D eigenvalue weighted by Gasteiger charge is 2.27. The molecule has 2 heterocycles. The molecule has 1 unspecified atom stereocenters. The van der Waals surface area contributed by atoms with Crippen molar-refractivity contribution in [2.45, 2.75) is 44.8 Å². The Morgan fingerprint density at radius 2 is 1.54 bits per heavy atom. The fourth-order valence-corrected chi connectivity index (χ4v) is 5.61. The Morgan fingerprint density at radius 1 is 0.865 bits per heavy atom. The third kappa shape index (κ3) is 6.60. The number of rotatable bonds is 10. The molecular formula is C32H39N3O2. The molecule has 3 aromatic carbocycles. The zero-order chi connectivity index (χ0) is 25.5. The number of nitrogens with zero attached hydrogens (tertiary/aromatic N) is 3. The smallest absolute Gasteiger partial charge is 0.253 e. The molecule has 0 spiro atoms. The van der Waals surface area contributed by atoms with Crippen LogP contribution in [-0.4, -0.2) is 66.6 Å². The predicted molar refractivity (Wildman–Crippen MR) is 150 cm³/mol. The molecule has 194 valence electrons. The van der Waals surface area contributed by atoms with Gasteiger partial charge in [0.1, 0.15) is 5.75 Å². The molecule has 1 atom stereocenters. The zero-order valence-electron chi connectivity index (χ0n) is 22.0. The van der Waals surface area contributed by atoms with Gasteiger partial charge in [0.2, 0.25) is 0 Å². The van der Waals surface area contributed by atoms with Crippen LogP contribution in [0.1, 0.15) is 48.0 Å². The average Bonchev–Trinajstić information content (AvgIpc) is 3.65. The zero-order valence-corrected chi connectivity index (χ0v) is 22.0. The summed E-state index contributed by atoms with van der Waals surface area (Å²) in [5.41, 5.74) is 4.41. The summed E-state index contributed by atoms with van der Waals surface area (Å²) in [4.78, 5) is 19.6.